The Labute approximate surface area is 117 Å². The van der Waals surface area contributed by atoms with Gasteiger partial charge in [0.2, 0.25) is 0 Å². The number of ether oxygens (including phenoxy) is 2. The van der Waals surface area contributed by atoms with E-state index in [9.17, 15) is 9.59 Å². The van der Waals surface area contributed by atoms with Crippen molar-refractivity contribution in [1.29, 1.82) is 0 Å². The number of rotatable bonds is 7. The number of hydrogen-bond donors (Lipinski definition) is 2. The Bertz CT molecular complexity index is 421. The van der Waals surface area contributed by atoms with Gasteiger partial charge in [0.05, 0.1) is 7.11 Å². The number of benzene rings is 1. The van der Waals surface area contributed by atoms with Crippen LogP contribution in [0.5, 0.6) is 0 Å². The minimum absolute atomic E-state index is 0.0613. The number of nitrogens with one attached hydrogen (secondary N) is 1. The van der Waals surface area contributed by atoms with Crippen LogP contribution >= 0.6 is 0 Å². The van der Waals surface area contributed by atoms with E-state index < -0.39 is 18.1 Å². The van der Waals surface area contributed by atoms with E-state index in [1.807, 2.05) is 30.3 Å². The average Bonchev–Trinajstić information content (AvgIpc) is 2.49. The van der Waals surface area contributed by atoms with E-state index in [1.54, 1.807) is 0 Å². The fraction of sp³-hybridized carbons (Fsp3) is 0.429. The molecule has 1 atom stereocenters. The van der Waals surface area contributed by atoms with Gasteiger partial charge in [-0.05, 0) is 18.4 Å². The molecule has 0 heterocycles. The Morgan fingerprint density at radius 3 is 2.60 bits per heavy atom. The number of aliphatic hydroxyl groups is 1. The van der Waals surface area contributed by atoms with E-state index >= 15 is 0 Å². The Hall–Kier alpha value is -2.08. The molecule has 110 valence electrons. The Balaban J connectivity index is 2.43. The first-order valence-corrected chi connectivity index (χ1v) is 6.33. The number of aliphatic hydroxyl groups excluding tert-OH is 1. The lowest BCUT2D eigenvalue weighted by atomic mass is 10.1. The second-order valence-electron chi connectivity index (χ2n) is 4.15. The highest BCUT2D eigenvalue weighted by Gasteiger charge is 2.21. The number of carbonyl (C=O) groups is 2. The number of methoxy groups -OCH3 is 1. The molecular formula is C14H19NO5. The number of carbonyl (C=O) groups excluding carboxylic acids is 2. The summed E-state index contributed by atoms with van der Waals surface area (Å²) in [6.07, 6.45) is -0.00953. The summed E-state index contributed by atoms with van der Waals surface area (Å²) in [5.41, 5.74) is 0.854. The van der Waals surface area contributed by atoms with Crippen LogP contribution in [-0.2, 0) is 20.9 Å². The highest BCUT2D eigenvalue weighted by molar-refractivity contribution is 5.81. The van der Waals surface area contributed by atoms with Crippen LogP contribution in [0.25, 0.3) is 0 Å². The van der Waals surface area contributed by atoms with Crippen LogP contribution in [0.15, 0.2) is 30.3 Å². The van der Waals surface area contributed by atoms with Crippen molar-refractivity contribution in [1.82, 2.24) is 5.32 Å². The van der Waals surface area contributed by atoms with Crippen molar-refractivity contribution in [2.75, 3.05) is 13.7 Å². The molecule has 0 radical (unpaired) electrons. The predicted octanol–water partition coefficient (Wildman–Crippen LogP) is 1.23. The molecular weight excluding hydrogens is 262 g/mol. The molecule has 0 aliphatic heterocycles. The van der Waals surface area contributed by atoms with Gasteiger partial charge >= 0.3 is 12.1 Å². The quantitative estimate of drug-likeness (QED) is 0.734. The van der Waals surface area contributed by atoms with E-state index in [-0.39, 0.29) is 13.2 Å². The molecule has 0 saturated carbocycles. The van der Waals surface area contributed by atoms with Crippen LogP contribution in [0.3, 0.4) is 0 Å². The highest BCUT2D eigenvalue weighted by atomic mass is 16.6. The first kappa shape index (κ1) is 16.0. The fourth-order valence-corrected chi connectivity index (χ4v) is 1.59. The monoisotopic (exact) mass is 281 g/mol. The Kier molecular flexibility index (Phi) is 7.13. The van der Waals surface area contributed by atoms with Gasteiger partial charge in [-0.1, -0.05) is 30.3 Å². The molecule has 0 bridgehead atoms. The number of hydrogen-bond acceptors (Lipinski definition) is 5. The van der Waals surface area contributed by atoms with Gasteiger partial charge in [-0.3, -0.25) is 0 Å². The largest absolute Gasteiger partial charge is 0.467 e. The van der Waals surface area contributed by atoms with Crippen LogP contribution in [-0.4, -0.2) is 36.9 Å². The normalized spacial score (nSPS) is 11.5. The first-order chi connectivity index (χ1) is 9.67. The highest BCUT2D eigenvalue weighted by Crippen LogP contribution is 2.03. The summed E-state index contributed by atoms with van der Waals surface area (Å²) < 4.78 is 9.60. The summed E-state index contributed by atoms with van der Waals surface area (Å²) in [6.45, 7) is 0.0643. The predicted molar refractivity (Wildman–Crippen MR) is 71.9 cm³/mol. The van der Waals surface area contributed by atoms with Crippen LogP contribution in [0.2, 0.25) is 0 Å². The number of esters is 1. The molecule has 0 aliphatic carbocycles. The van der Waals surface area contributed by atoms with Gasteiger partial charge in [-0.15, -0.1) is 0 Å². The number of amides is 1. The lowest BCUT2D eigenvalue weighted by molar-refractivity contribution is -0.143. The van der Waals surface area contributed by atoms with Crippen LogP contribution < -0.4 is 5.32 Å². The molecule has 6 heteroatoms. The second-order valence-corrected chi connectivity index (χ2v) is 4.15. The molecule has 20 heavy (non-hydrogen) atoms. The minimum Gasteiger partial charge on any atom is -0.467 e. The van der Waals surface area contributed by atoms with Gasteiger partial charge in [0, 0.05) is 6.61 Å². The third kappa shape index (κ3) is 5.71. The molecule has 0 aromatic heterocycles. The zero-order chi connectivity index (χ0) is 14.8. The van der Waals surface area contributed by atoms with E-state index in [0.29, 0.717) is 12.8 Å². The van der Waals surface area contributed by atoms with Gasteiger partial charge in [0.25, 0.3) is 0 Å². The summed E-state index contributed by atoms with van der Waals surface area (Å²) in [5.74, 6) is -0.560. The summed E-state index contributed by atoms with van der Waals surface area (Å²) >= 11 is 0. The van der Waals surface area contributed by atoms with Crippen molar-refractivity contribution in [3.63, 3.8) is 0 Å². The molecule has 1 amide bonds. The maximum Gasteiger partial charge on any atom is 0.408 e. The lowest BCUT2D eigenvalue weighted by Crippen LogP contribution is -2.41. The van der Waals surface area contributed by atoms with Crippen LogP contribution in [0.4, 0.5) is 4.79 Å². The van der Waals surface area contributed by atoms with E-state index in [4.69, 9.17) is 9.84 Å². The third-order valence-corrected chi connectivity index (χ3v) is 2.64. The van der Waals surface area contributed by atoms with Crippen molar-refractivity contribution >= 4 is 12.1 Å². The molecule has 6 nitrogen and oxygen atoms in total. The zero-order valence-electron chi connectivity index (χ0n) is 11.4. The standard InChI is InChI=1S/C14H19NO5/c1-19-13(17)12(8-5-9-16)15-14(18)20-10-11-6-3-2-4-7-11/h2-4,6-7,12,16H,5,8-10H2,1H3,(H,15,18)/t12-/m0/s1. The third-order valence-electron chi connectivity index (χ3n) is 2.64. The molecule has 0 unspecified atom stereocenters. The van der Waals surface area contributed by atoms with Crippen molar-refractivity contribution in [3.05, 3.63) is 35.9 Å². The Morgan fingerprint density at radius 1 is 1.30 bits per heavy atom. The smallest absolute Gasteiger partial charge is 0.408 e. The molecule has 0 saturated heterocycles. The minimum atomic E-state index is -0.810. The van der Waals surface area contributed by atoms with Crippen LogP contribution in [0.1, 0.15) is 18.4 Å². The molecule has 1 aromatic rings. The number of alkyl carbamates (subject to hydrolysis) is 1. The van der Waals surface area contributed by atoms with E-state index in [0.717, 1.165) is 5.56 Å². The molecule has 0 aliphatic rings. The first-order valence-electron chi connectivity index (χ1n) is 6.33. The zero-order valence-corrected chi connectivity index (χ0v) is 11.4. The van der Waals surface area contributed by atoms with Gasteiger partial charge in [-0.2, -0.15) is 0 Å². The van der Waals surface area contributed by atoms with Crippen molar-refractivity contribution in [3.8, 4) is 0 Å². The molecule has 1 aromatic carbocycles. The van der Waals surface area contributed by atoms with E-state index in [2.05, 4.69) is 10.1 Å². The SMILES string of the molecule is COC(=O)[C@H](CCCO)NC(=O)OCc1ccccc1. The fourth-order valence-electron chi connectivity index (χ4n) is 1.59. The van der Waals surface area contributed by atoms with Gasteiger partial charge in [0.15, 0.2) is 0 Å². The van der Waals surface area contributed by atoms with Crippen molar-refractivity contribution in [2.24, 2.45) is 0 Å². The van der Waals surface area contributed by atoms with Gasteiger partial charge in [-0.25, -0.2) is 9.59 Å². The van der Waals surface area contributed by atoms with Gasteiger partial charge in [0.1, 0.15) is 12.6 Å². The summed E-state index contributed by atoms with van der Waals surface area (Å²) in [5, 5.41) is 11.2. The molecule has 2 N–H and O–H groups in total. The van der Waals surface area contributed by atoms with E-state index in [1.165, 1.54) is 7.11 Å². The second kappa shape index (κ2) is 8.92. The van der Waals surface area contributed by atoms with Crippen LogP contribution in [0, 0.1) is 0 Å². The maximum absolute atomic E-state index is 11.6. The maximum atomic E-state index is 11.6. The van der Waals surface area contributed by atoms with Crippen molar-refractivity contribution < 1.29 is 24.2 Å². The molecule has 0 spiro atoms. The summed E-state index contributed by atoms with van der Waals surface area (Å²) in [6, 6.07) is 8.40. The van der Waals surface area contributed by atoms with Crippen molar-refractivity contribution in [2.45, 2.75) is 25.5 Å². The van der Waals surface area contributed by atoms with Gasteiger partial charge < -0.3 is 19.9 Å². The topological polar surface area (TPSA) is 84.9 Å². The average molecular weight is 281 g/mol. The summed E-state index contributed by atoms with van der Waals surface area (Å²) in [4.78, 5) is 23.1. The lowest BCUT2D eigenvalue weighted by Gasteiger charge is -2.15. The molecule has 1 rings (SSSR count). The Morgan fingerprint density at radius 2 is 2.00 bits per heavy atom. The molecule has 0 fully saturated rings. The summed E-state index contributed by atoms with van der Waals surface area (Å²) in [7, 11) is 1.24.